The lowest BCUT2D eigenvalue weighted by atomic mass is 9.48. The molecule has 0 unspecified atom stereocenters. The summed E-state index contributed by atoms with van der Waals surface area (Å²) in [6.45, 7) is 0. The highest BCUT2D eigenvalue weighted by atomic mass is 19.4. The first-order chi connectivity index (χ1) is 23.8. The minimum atomic E-state index is -5.07. The number of aliphatic carboxylic acids is 1. The van der Waals surface area contributed by atoms with Crippen molar-refractivity contribution in [2.75, 3.05) is 5.32 Å². The molecule has 0 radical (unpaired) electrons. The van der Waals surface area contributed by atoms with Crippen LogP contribution in [0, 0.1) is 23.7 Å². The van der Waals surface area contributed by atoms with E-state index < -0.39 is 40.8 Å². The average molecular weight is 695 g/mol. The number of halogens is 5. The molecule has 5 aliphatic rings. The lowest BCUT2D eigenvalue weighted by molar-refractivity contribution is -0.163. The molecule has 3 N–H and O–H groups in total. The van der Waals surface area contributed by atoms with Crippen LogP contribution < -0.4 is 10.6 Å². The van der Waals surface area contributed by atoms with Crippen LogP contribution in [-0.2, 0) is 11.0 Å². The quantitative estimate of drug-likeness (QED) is 0.168. The van der Waals surface area contributed by atoms with E-state index in [2.05, 4.69) is 25.6 Å². The number of benzene rings is 1. The molecule has 0 aliphatic heterocycles. The molecule has 5 fully saturated rings. The number of fused-ring (bicyclic) bond motifs is 1. The Morgan fingerprint density at radius 2 is 1.64 bits per heavy atom. The molecule has 0 atom stereocenters. The van der Waals surface area contributed by atoms with E-state index in [-0.39, 0.29) is 54.9 Å². The van der Waals surface area contributed by atoms with Gasteiger partial charge in [-0.25, -0.2) is 28.5 Å². The summed E-state index contributed by atoms with van der Waals surface area (Å²) in [4.78, 5) is 38.9. The summed E-state index contributed by atoms with van der Waals surface area (Å²) in [6, 6.07) is 10.2. The summed E-state index contributed by atoms with van der Waals surface area (Å²) in [5.41, 5.74) is -2.53. The fourth-order valence-electron chi connectivity index (χ4n) is 9.38. The third-order valence-corrected chi connectivity index (χ3v) is 11.5. The third-order valence-electron chi connectivity index (χ3n) is 11.5. The number of carbonyl (C=O) groups excluding carboxylic acids is 1. The maximum absolute atomic E-state index is 14.7. The van der Waals surface area contributed by atoms with E-state index in [1.807, 2.05) is 0 Å². The van der Waals surface area contributed by atoms with Crippen molar-refractivity contribution in [2.24, 2.45) is 23.7 Å². The zero-order valence-electron chi connectivity index (χ0n) is 26.9. The van der Waals surface area contributed by atoms with Crippen molar-refractivity contribution >= 4 is 34.3 Å². The third kappa shape index (κ3) is 5.56. The second-order valence-electron chi connectivity index (χ2n) is 14.5. The molecule has 0 saturated heterocycles. The second kappa shape index (κ2) is 11.7. The molecule has 262 valence electrons. The van der Waals surface area contributed by atoms with Crippen molar-refractivity contribution in [1.82, 2.24) is 24.8 Å². The molecule has 4 bridgehead atoms. The van der Waals surface area contributed by atoms with Crippen LogP contribution in [0.4, 0.5) is 33.5 Å². The molecule has 5 aliphatic carbocycles. The average Bonchev–Trinajstić information content (AvgIpc) is 3.44. The van der Waals surface area contributed by atoms with E-state index in [0.29, 0.717) is 59.9 Å². The van der Waals surface area contributed by atoms with E-state index in [0.717, 1.165) is 12.6 Å². The Balaban J connectivity index is 1.18. The second-order valence-corrected chi connectivity index (χ2v) is 14.5. The molecular weight excluding hydrogens is 659 g/mol. The maximum atomic E-state index is 14.7. The number of amides is 1. The predicted octanol–water partition coefficient (Wildman–Crippen LogP) is 8.02. The molecular formula is C36H35F5N6O3. The molecule has 9 nitrogen and oxygen atoms in total. The number of nitrogens with zero attached hydrogens (tertiary/aromatic N) is 4. The van der Waals surface area contributed by atoms with Gasteiger partial charge in [-0.2, -0.15) is 13.2 Å². The van der Waals surface area contributed by atoms with Gasteiger partial charge in [0, 0.05) is 54.1 Å². The molecule has 0 spiro atoms. The minimum Gasteiger partial charge on any atom is -0.479 e. The Labute approximate surface area is 283 Å². The van der Waals surface area contributed by atoms with Crippen molar-refractivity contribution < 1.29 is 36.6 Å². The lowest BCUT2D eigenvalue weighted by Crippen LogP contribution is -2.70. The van der Waals surface area contributed by atoms with Crippen LogP contribution >= 0.6 is 0 Å². The van der Waals surface area contributed by atoms with E-state index in [9.17, 15) is 36.6 Å². The van der Waals surface area contributed by atoms with Gasteiger partial charge in [-0.15, -0.1) is 0 Å². The summed E-state index contributed by atoms with van der Waals surface area (Å²) in [7, 11) is 0. The number of nitrogens with one attached hydrogen (secondary N) is 2. The zero-order chi connectivity index (χ0) is 35.0. The van der Waals surface area contributed by atoms with Gasteiger partial charge in [-0.05, 0) is 92.9 Å². The number of rotatable bonds is 7. The number of hydrogen-bond acceptors (Lipinski definition) is 6. The molecule has 14 heteroatoms. The molecule has 4 aromatic rings. The SMILES string of the molecule is O=C(NC1(C(=O)O)C2CC3CC(C2)CC1C3)c1cnc(-c2cn(C3CCC(F)(F)CC3)c3cc(Nc4ccccn4)ccc23)nc1C(F)(F)F. The van der Waals surface area contributed by atoms with Gasteiger partial charge in [0.15, 0.2) is 11.5 Å². The van der Waals surface area contributed by atoms with Gasteiger partial charge in [-0.1, -0.05) is 12.1 Å². The summed E-state index contributed by atoms with van der Waals surface area (Å²) in [6.07, 6.45) is 2.11. The van der Waals surface area contributed by atoms with Gasteiger partial charge in [0.2, 0.25) is 5.92 Å². The summed E-state index contributed by atoms with van der Waals surface area (Å²) < 4.78 is 74.1. The lowest BCUT2D eigenvalue weighted by Gasteiger charge is -2.59. The highest BCUT2D eigenvalue weighted by molar-refractivity contribution is 6.00. The first kappa shape index (κ1) is 32.6. The van der Waals surface area contributed by atoms with E-state index >= 15 is 0 Å². The smallest absolute Gasteiger partial charge is 0.434 e. The van der Waals surface area contributed by atoms with Crippen LogP contribution in [0.25, 0.3) is 22.3 Å². The minimum absolute atomic E-state index is 0.163. The number of anilines is 2. The van der Waals surface area contributed by atoms with Crippen LogP contribution in [0.1, 0.15) is 79.9 Å². The van der Waals surface area contributed by atoms with Gasteiger partial charge >= 0.3 is 12.1 Å². The van der Waals surface area contributed by atoms with E-state index in [4.69, 9.17) is 0 Å². The number of hydrogen-bond donors (Lipinski definition) is 3. The van der Waals surface area contributed by atoms with Gasteiger partial charge in [0.1, 0.15) is 11.4 Å². The van der Waals surface area contributed by atoms with Crippen LogP contribution in [0.15, 0.2) is 55.0 Å². The van der Waals surface area contributed by atoms with Crippen LogP contribution in [0.5, 0.6) is 0 Å². The molecule has 1 aromatic carbocycles. The van der Waals surface area contributed by atoms with Crippen LogP contribution in [0.3, 0.4) is 0 Å². The highest BCUT2D eigenvalue weighted by Crippen LogP contribution is 2.58. The van der Waals surface area contributed by atoms with Crippen molar-refractivity contribution in [2.45, 2.75) is 81.5 Å². The summed E-state index contributed by atoms with van der Waals surface area (Å²) in [5.74, 6) is -4.92. The molecule has 5 saturated carbocycles. The Hall–Kier alpha value is -4.62. The number of carboxylic acid groups (broad SMARTS) is 1. The molecule has 1 amide bonds. The fraction of sp³-hybridized carbons (Fsp3) is 0.472. The van der Waals surface area contributed by atoms with E-state index in [1.165, 1.54) is 0 Å². The summed E-state index contributed by atoms with van der Waals surface area (Å²) in [5, 5.41) is 16.7. The van der Waals surface area contributed by atoms with Crippen LogP contribution in [-0.4, -0.2) is 48.0 Å². The number of carbonyl (C=O) groups is 2. The number of carboxylic acids is 1. The molecule has 3 heterocycles. The number of alkyl halides is 5. The zero-order valence-corrected chi connectivity index (χ0v) is 26.9. The first-order valence-corrected chi connectivity index (χ1v) is 17.0. The number of aromatic nitrogens is 4. The fourth-order valence-corrected chi connectivity index (χ4v) is 9.38. The van der Waals surface area contributed by atoms with Gasteiger partial charge in [-0.3, -0.25) is 4.79 Å². The Morgan fingerprint density at radius 1 is 0.940 bits per heavy atom. The standard InChI is InChI=1S/C36H35F5N6O3/c37-34(38)8-6-24(7-9-34)47-18-27(25-5-4-23(16-28(25)47)44-29-3-1-2-10-42-29)31-43-17-26(30(45-31)36(39,40)41)32(48)46-35(33(49)50)21-12-19-11-20(14-21)15-22(35)13-19/h1-5,10,16-22,24H,6-9,11-15H2,(H,42,44)(H,46,48)(H,49,50). The topological polar surface area (TPSA) is 122 Å². The Kier molecular flexibility index (Phi) is 7.64. The van der Waals surface area contributed by atoms with Crippen molar-refractivity contribution in [3.05, 3.63) is 66.2 Å². The molecule has 9 rings (SSSR count). The molecule has 3 aromatic heterocycles. The van der Waals surface area contributed by atoms with Crippen molar-refractivity contribution in [3.8, 4) is 11.4 Å². The Bertz CT molecular complexity index is 1940. The first-order valence-electron chi connectivity index (χ1n) is 17.0. The predicted molar refractivity (Wildman–Crippen MR) is 173 cm³/mol. The highest BCUT2D eigenvalue weighted by Gasteiger charge is 2.62. The van der Waals surface area contributed by atoms with Gasteiger partial charge in [0.05, 0.1) is 11.1 Å². The largest absolute Gasteiger partial charge is 0.479 e. The molecule has 50 heavy (non-hydrogen) atoms. The van der Waals surface area contributed by atoms with Crippen LogP contribution in [0.2, 0.25) is 0 Å². The van der Waals surface area contributed by atoms with Gasteiger partial charge < -0.3 is 20.3 Å². The van der Waals surface area contributed by atoms with E-state index in [1.54, 1.807) is 53.4 Å². The van der Waals surface area contributed by atoms with Crippen molar-refractivity contribution in [3.63, 3.8) is 0 Å². The normalized spacial score (nSPS) is 27.4. The van der Waals surface area contributed by atoms with Crippen molar-refractivity contribution in [1.29, 1.82) is 0 Å². The van der Waals surface area contributed by atoms with Gasteiger partial charge in [0.25, 0.3) is 5.91 Å². The Morgan fingerprint density at radius 3 is 2.26 bits per heavy atom. The monoisotopic (exact) mass is 694 g/mol. The maximum Gasteiger partial charge on any atom is 0.434 e. The number of pyridine rings is 1. The summed E-state index contributed by atoms with van der Waals surface area (Å²) >= 11 is 0.